The molecule has 26 heavy (non-hydrogen) atoms. The Kier molecular flexibility index (Phi) is 7.61. The maximum Gasteiger partial charge on any atom is 0.224 e. The summed E-state index contributed by atoms with van der Waals surface area (Å²) in [5.41, 5.74) is 0.667. The Morgan fingerprint density at radius 3 is 2.19 bits per heavy atom. The molecule has 0 aliphatic heterocycles. The maximum absolute atomic E-state index is 12.0. The van der Waals surface area contributed by atoms with E-state index in [2.05, 4.69) is 5.32 Å². The first-order chi connectivity index (χ1) is 12.7. The quantitative estimate of drug-likeness (QED) is 0.652. The molecule has 6 heteroatoms. The molecule has 0 heterocycles. The number of hydrogen-bond donors (Lipinski definition) is 1. The van der Waals surface area contributed by atoms with Crippen LogP contribution in [0, 0.1) is 0 Å². The fourth-order valence-corrected chi connectivity index (χ4v) is 2.36. The minimum absolute atomic E-state index is 0.0764. The predicted molar refractivity (Wildman–Crippen MR) is 101 cm³/mol. The van der Waals surface area contributed by atoms with Crippen molar-refractivity contribution < 1.29 is 23.7 Å². The van der Waals surface area contributed by atoms with E-state index >= 15 is 0 Å². The van der Waals surface area contributed by atoms with E-state index in [9.17, 15) is 4.79 Å². The topological polar surface area (TPSA) is 66.0 Å². The molecular formula is C20H25NO5. The number of hydrogen-bond acceptors (Lipinski definition) is 5. The minimum Gasteiger partial charge on any atom is -0.494 e. The van der Waals surface area contributed by atoms with Crippen LogP contribution in [0.1, 0.15) is 19.8 Å². The Morgan fingerprint density at radius 2 is 1.58 bits per heavy atom. The number of benzene rings is 2. The summed E-state index contributed by atoms with van der Waals surface area (Å²) in [6.07, 6.45) is 0.984. The fraction of sp³-hybridized carbons (Fsp3) is 0.350. The van der Waals surface area contributed by atoms with Crippen molar-refractivity contribution in [2.75, 3.05) is 32.8 Å². The highest BCUT2D eigenvalue weighted by atomic mass is 16.5. The Hall–Kier alpha value is -2.89. The van der Waals surface area contributed by atoms with Crippen molar-refractivity contribution in [1.82, 2.24) is 0 Å². The van der Waals surface area contributed by atoms with Crippen molar-refractivity contribution in [2.45, 2.75) is 19.8 Å². The van der Waals surface area contributed by atoms with Crippen LogP contribution >= 0.6 is 0 Å². The van der Waals surface area contributed by atoms with Gasteiger partial charge in [-0.3, -0.25) is 4.79 Å². The lowest BCUT2D eigenvalue weighted by atomic mass is 10.2. The van der Waals surface area contributed by atoms with Gasteiger partial charge in [-0.15, -0.1) is 0 Å². The Bertz CT molecular complexity index is 700. The highest BCUT2D eigenvalue weighted by Crippen LogP contribution is 2.29. The second-order valence-electron chi connectivity index (χ2n) is 5.47. The van der Waals surface area contributed by atoms with E-state index < -0.39 is 0 Å². The summed E-state index contributed by atoms with van der Waals surface area (Å²) in [6, 6.07) is 12.7. The monoisotopic (exact) mass is 359 g/mol. The van der Waals surface area contributed by atoms with Gasteiger partial charge in [0.1, 0.15) is 11.5 Å². The Balaban J connectivity index is 1.73. The van der Waals surface area contributed by atoms with Crippen LogP contribution in [0.4, 0.5) is 5.69 Å². The highest BCUT2D eigenvalue weighted by Gasteiger charge is 2.07. The van der Waals surface area contributed by atoms with E-state index in [1.807, 2.05) is 31.2 Å². The van der Waals surface area contributed by atoms with Crippen LogP contribution in [-0.2, 0) is 4.79 Å². The third-order valence-electron chi connectivity index (χ3n) is 3.62. The average molecular weight is 359 g/mol. The van der Waals surface area contributed by atoms with Crippen LogP contribution in [0.5, 0.6) is 23.0 Å². The minimum atomic E-state index is -0.0764. The lowest BCUT2D eigenvalue weighted by molar-refractivity contribution is -0.116. The number of carbonyl (C=O) groups excluding carboxylic acids is 1. The van der Waals surface area contributed by atoms with Gasteiger partial charge in [0.05, 0.1) is 27.4 Å². The molecule has 0 saturated carbocycles. The summed E-state index contributed by atoms with van der Waals surface area (Å²) in [4.78, 5) is 12.0. The highest BCUT2D eigenvalue weighted by molar-refractivity contribution is 5.91. The molecule has 0 radical (unpaired) electrons. The normalized spacial score (nSPS) is 10.1. The zero-order chi connectivity index (χ0) is 18.8. The molecule has 0 spiro atoms. The third-order valence-corrected chi connectivity index (χ3v) is 3.62. The first-order valence-corrected chi connectivity index (χ1v) is 8.53. The number of ether oxygens (including phenoxy) is 4. The van der Waals surface area contributed by atoms with Crippen LogP contribution in [0.25, 0.3) is 0 Å². The zero-order valence-electron chi connectivity index (χ0n) is 15.4. The lowest BCUT2D eigenvalue weighted by Crippen LogP contribution is -2.13. The van der Waals surface area contributed by atoms with Crippen LogP contribution in [0.3, 0.4) is 0 Å². The van der Waals surface area contributed by atoms with Crippen molar-refractivity contribution in [3.63, 3.8) is 0 Å². The zero-order valence-corrected chi connectivity index (χ0v) is 15.4. The van der Waals surface area contributed by atoms with E-state index in [4.69, 9.17) is 18.9 Å². The average Bonchev–Trinajstić information content (AvgIpc) is 2.66. The van der Waals surface area contributed by atoms with E-state index in [1.165, 1.54) is 0 Å². The van der Waals surface area contributed by atoms with Crippen molar-refractivity contribution in [3.05, 3.63) is 42.5 Å². The van der Waals surface area contributed by atoms with Crippen molar-refractivity contribution >= 4 is 11.6 Å². The Labute approximate surface area is 154 Å². The summed E-state index contributed by atoms with van der Waals surface area (Å²) in [5, 5.41) is 2.84. The number of methoxy groups -OCH3 is 2. The molecule has 2 aromatic carbocycles. The first-order valence-electron chi connectivity index (χ1n) is 8.53. The molecule has 0 aliphatic rings. The van der Waals surface area contributed by atoms with Crippen molar-refractivity contribution in [2.24, 2.45) is 0 Å². The van der Waals surface area contributed by atoms with Crippen molar-refractivity contribution in [1.29, 1.82) is 0 Å². The maximum atomic E-state index is 12.0. The molecule has 1 N–H and O–H groups in total. The van der Waals surface area contributed by atoms with E-state index in [1.54, 1.807) is 32.4 Å². The molecule has 2 aromatic rings. The van der Waals surface area contributed by atoms with Gasteiger partial charge < -0.3 is 24.3 Å². The molecular weight excluding hydrogens is 334 g/mol. The van der Waals surface area contributed by atoms with Crippen molar-refractivity contribution in [3.8, 4) is 23.0 Å². The smallest absolute Gasteiger partial charge is 0.224 e. The van der Waals surface area contributed by atoms with Crippen LogP contribution < -0.4 is 24.3 Å². The molecule has 0 aliphatic carbocycles. The van der Waals surface area contributed by atoms with Gasteiger partial charge >= 0.3 is 0 Å². The summed E-state index contributed by atoms with van der Waals surface area (Å²) >= 11 is 0. The summed E-state index contributed by atoms with van der Waals surface area (Å²) in [6.45, 7) is 3.04. The van der Waals surface area contributed by atoms with Crippen LogP contribution in [0.2, 0.25) is 0 Å². The van der Waals surface area contributed by atoms with Gasteiger partial charge in [-0.1, -0.05) is 0 Å². The largest absolute Gasteiger partial charge is 0.494 e. The van der Waals surface area contributed by atoms with Gasteiger partial charge in [0.15, 0.2) is 11.5 Å². The summed E-state index contributed by atoms with van der Waals surface area (Å²) in [7, 11) is 3.13. The molecule has 1 amide bonds. The van der Waals surface area contributed by atoms with Gasteiger partial charge in [0.2, 0.25) is 5.91 Å². The predicted octanol–water partition coefficient (Wildman–Crippen LogP) is 3.90. The number of rotatable bonds is 10. The Morgan fingerprint density at radius 1 is 0.923 bits per heavy atom. The number of amides is 1. The van der Waals surface area contributed by atoms with Crippen LogP contribution in [0.15, 0.2) is 42.5 Å². The van der Waals surface area contributed by atoms with Gasteiger partial charge in [-0.2, -0.15) is 0 Å². The van der Waals surface area contributed by atoms with Gasteiger partial charge in [-0.05, 0) is 49.7 Å². The number of anilines is 1. The SMILES string of the molecule is CCOc1ccc(OCCCC(=O)Nc2ccc(OC)c(OC)c2)cc1. The second kappa shape index (κ2) is 10.2. The van der Waals surface area contributed by atoms with Gasteiger partial charge in [-0.25, -0.2) is 0 Å². The molecule has 140 valence electrons. The molecule has 0 unspecified atom stereocenters. The van der Waals surface area contributed by atoms with Gasteiger partial charge in [0, 0.05) is 18.2 Å². The summed E-state index contributed by atoms with van der Waals surface area (Å²) < 4.78 is 21.4. The lowest BCUT2D eigenvalue weighted by Gasteiger charge is -2.11. The van der Waals surface area contributed by atoms with E-state index in [0.717, 1.165) is 11.5 Å². The van der Waals surface area contributed by atoms with Crippen LogP contribution in [-0.4, -0.2) is 33.3 Å². The molecule has 0 saturated heterocycles. The second-order valence-corrected chi connectivity index (χ2v) is 5.47. The number of carbonyl (C=O) groups is 1. The molecule has 0 fully saturated rings. The third kappa shape index (κ3) is 5.88. The molecule has 0 bridgehead atoms. The molecule has 0 aromatic heterocycles. The molecule has 0 atom stereocenters. The van der Waals surface area contributed by atoms with Gasteiger partial charge in [0.25, 0.3) is 0 Å². The van der Waals surface area contributed by atoms with E-state index in [-0.39, 0.29) is 5.91 Å². The standard InChI is InChI=1S/C20H25NO5/c1-4-25-16-8-10-17(11-9-16)26-13-5-6-20(22)21-15-7-12-18(23-2)19(14-15)24-3/h7-12,14H,4-6,13H2,1-3H3,(H,21,22). The summed E-state index contributed by atoms with van der Waals surface area (Å²) in [5.74, 6) is 2.69. The van der Waals surface area contributed by atoms with E-state index in [0.29, 0.717) is 43.2 Å². The fourth-order valence-electron chi connectivity index (χ4n) is 2.36. The molecule has 6 nitrogen and oxygen atoms in total. The molecule has 2 rings (SSSR count). The number of nitrogens with one attached hydrogen (secondary N) is 1. The first kappa shape index (κ1) is 19.4.